The van der Waals surface area contributed by atoms with Crippen LogP contribution in [0.2, 0.25) is 0 Å². The number of aryl methyl sites for hydroxylation is 2. The molecule has 1 aromatic heterocycles. The van der Waals surface area contributed by atoms with Crippen LogP contribution in [0.4, 0.5) is 5.82 Å². The van der Waals surface area contributed by atoms with Crippen molar-refractivity contribution in [3.05, 3.63) is 21.9 Å². The van der Waals surface area contributed by atoms with Crippen LogP contribution in [0.15, 0.2) is 6.20 Å². The van der Waals surface area contributed by atoms with Gasteiger partial charge in [-0.2, -0.15) is 4.68 Å². The molecule has 0 radical (unpaired) electrons. The summed E-state index contributed by atoms with van der Waals surface area (Å²) < 4.78 is 1.68. The lowest BCUT2D eigenvalue weighted by atomic mass is 10.1. The fourth-order valence-corrected chi connectivity index (χ4v) is 2.31. The summed E-state index contributed by atoms with van der Waals surface area (Å²) in [6.45, 7) is 3.60. The minimum atomic E-state index is -0.426. The van der Waals surface area contributed by atoms with Crippen LogP contribution in [0.3, 0.4) is 0 Å². The molecule has 1 saturated heterocycles. The van der Waals surface area contributed by atoms with E-state index in [1.165, 1.54) is 12.8 Å². The molecule has 0 bridgehead atoms. The van der Waals surface area contributed by atoms with Crippen LogP contribution in [-0.4, -0.2) is 27.3 Å². The van der Waals surface area contributed by atoms with Crippen LogP contribution >= 0.6 is 0 Å². The lowest BCUT2D eigenvalue weighted by Crippen LogP contribution is -2.21. The highest BCUT2D eigenvalue weighted by molar-refractivity contribution is 5.27. The first kappa shape index (κ1) is 12.0. The SMILES string of the molecule is Cc1cn(CCCC2CCCN2)nc1[N+](=O)[O-]. The first-order valence-corrected chi connectivity index (χ1v) is 6.08. The molecule has 1 fully saturated rings. The fourth-order valence-electron chi connectivity index (χ4n) is 2.31. The highest BCUT2D eigenvalue weighted by Crippen LogP contribution is 2.15. The monoisotopic (exact) mass is 238 g/mol. The van der Waals surface area contributed by atoms with Gasteiger partial charge >= 0.3 is 5.82 Å². The second-order valence-corrected chi connectivity index (χ2v) is 4.59. The van der Waals surface area contributed by atoms with Crippen molar-refractivity contribution in [2.75, 3.05) is 6.54 Å². The van der Waals surface area contributed by atoms with Crippen LogP contribution in [0.5, 0.6) is 0 Å². The van der Waals surface area contributed by atoms with Gasteiger partial charge in [0.05, 0.1) is 23.4 Å². The Balaban J connectivity index is 1.82. The molecule has 2 rings (SSSR count). The molecule has 0 aliphatic carbocycles. The van der Waals surface area contributed by atoms with E-state index in [2.05, 4.69) is 10.4 Å². The molecule has 1 aliphatic rings. The van der Waals surface area contributed by atoms with Gasteiger partial charge in [-0.05, 0) is 44.1 Å². The van der Waals surface area contributed by atoms with Gasteiger partial charge in [-0.3, -0.25) is 0 Å². The average Bonchev–Trinajstić information content (AvgIpc) is 2.88. The predicted octanol–water partition coefficient (Wildman–Crippen LogP) is 1.63. The second-order valence-electron chi connectivity index (χ2n) is 4.59. The molecule has 2 heterocycles. The predicted molar refractivity (Wildman–Crippen MR) is 63.9 cm³/mol. The molecule has 94 valence electrons. The first-order valence-electron chi connectivity index (χ1n) is 6.08. The third-order valence-electron chi connectivity index (χ3n) is 3.19. The van der Waals surface area contributed by atoms with E-state index in [-0.39, 0.29) is 5.82 Å². The highest BCUT2D eigenvalue weighted by Gasteiger charge is 2.17. The molecule has 1 unspecified atom stereocenters. The normalized spacial score (nSPS) is 19.7. The summed E-state index contributed by atoms with van der Waals surface area (Å²) in [7, 11) is 0. The van der Waals surface area contributed by atoms with Gasteiger partial charge in [0.2, 0.25) is 0 Å². The molecule has 0 amide bonds. The maximum Gasteiger partial charge on any atom is 0.392 e. The van der Waals surface area contributed by atoms with Gasteiger partial charge in [0.15, 0.2) is 0 Å². The number of hydrogen-bond acceptors (Lipinski definition) is 4. The Morgan fingerprint density at radius 3 is 3.12 bits per heavy atom. The number of aromatic nitrogens is 2. The molecular weight excluding hydrogens is 220 g/mol. The van der Waals surface area contributed by atoms with E-state index in [9.17, 15) is 10.1 Å². The van der Waals surface area contributed by atoms with Crippen molar-refractivity contribution in [1.82, 2.24) is 15.1 Å². The highest BCUT2D eigenvalue weighted by atomic mass is 16.6. The Bertz CT molecular complexity index is 396. The lowest BCUT2D eigenvalue weighted by molar-refractivity contribution is -0.390. The van der Waals surface area contributed by atoms with E-state index in [0.29, 0.717) is 11.6 Å². The summed E-state index contributed by atoms with van der Waals surface area (Å²) in [5.41, 5.74) is 0.633. The van der Waals surface area contributed by atoms with Crippen LogP contribution < -0.4 is 5.32 Å². The van der Waals surface area contributed by atoms with Crippen molar-refractivity contribution >= 4 is 5.82 Å². The van der Waals surface area contributed by atoms with Gasteiger partial charge in [-0.15, -0.1) is 0 Å². The van der Waals surface area contributed by atoms with Gasteiger partial charge in [-0.25, -0.2) is 0 Å². The molecule has 0 saturated carbocycles. The maximum atomic E-state index is 10.6. The minimum absolute atomic E-state index is 0.0241. The fraction of sp³-hybridized carbons (Fsp3) is 0.727. The topological polar surface area (TPSA) is 73.0 Å². The Labute approximate surface area is 100 Å². The molecular formula is C11H18N4O2. The van der Waals surface area contributed by atoms with E-state index in [4.69, 9.17) is 0 Å². The van der Waals surface area contributed by atoms with Crippen molar-refractivity contribution < 1.29 is 4.92 Å². The van der Waals surface area contributed by atoms with Gasteiger partial charge < -0.3 is 15.4 Å². The maximum absolute atomic E-state index is 10.6. The summed E-state index contributed by atoms with van der Waals surface area (Å²) in [6, 6.07) is 0.627. The molecule has 0 spiro atoms. The van der Waals surface area contributed by atoms with Crippen LogP contribution in [-0.2, 0) is 6.54 Å². The molecule has 1 aromatic rings. The zero-order valence-electron chi connectivity index (χ0n) is 10.1. The third-order valence-corrected chi connectivity index (χ3v) is 3.19. The van der Waals surface area contributed by atoms with Gasteiger partial charge in [0, 0.05) is 6.04 Å². The Kier molecular flexibility index (Phi) is 3.73. The first-order chi connectivity index (χ1) is 8.16. The summed E-state index contributed by atoms with van der Waals surface area (Å²) in [6.07, 6.45) is 6.39. The van der Waals surface area contributed by atoms with E-state index in [0.717, 1.165) is 25.9 Å². The van der Waals surface area contributed by atoms with Crippen molar-refractivity contribution in [2.24, 2.45) is 0 Å². The molecule has 1 aliphatic heterocycles. The van der Waals surface area contributed by atoms with Gasteiger partial charge in [-0.1, -0.05) is 0 Å². The number of hydrogen-bond donors (Lipinski definition) is 1. The van der Waals surface area contributed by atoms with Crippen LogP contribution in [0.1, 0.15) is 31.2 Å². The summed E-state index contributed by atoms with van der Waals surface area (Å²) in [5, 5.41) is 18.0. The van der Waals surface area contributed by atoms with Crippen LogP contribution in [0, 0.1) is 17.0 Å². The van der Waals surface area contributed by atoms with Crippen molar-refractivity contribution in [1.29, 1.82) is 0 Å². The number of nitro groups is 1. The van der Waals surface area contributed by atoms with Crippen LogP contribution in [0.25, 0.3) is 0 Å². The molecule has 17 heavy (non-hydrogen) atoms. The second kappa shape index (κ2) is 5.27. The van der Waals surface area contributed by atoms with Crippen molar-refractivity contribution in [3.63, 3.8) is 0 Å². The third kappa shape index (κ3) is 3.03. The van der Waals surface area contributed by atoms with Gasteiger partial charge in [0.1, 0.15) is 0 Å². The zero-order chi connectivity index (χ0) is 12.3. The summed E-state index contributed by atoms with van der Waals surface area (Å²) in [4.78, 5) is 10.2. The quantitative estimate of drug-likeness (QED) is 0.625. The molecule has 6 heteroatoms. The smallest absolute Gasteiger partial charge is 0.358 e. The van der Waals surface area contributed by atoms with E-state index < -0.39 is 4.92 Å². The summed E-state index contributed by atoms with van der Waals surface area (Å²) in [5.74, 6) is -0.0241. The summed E-state index contributed by atoms with van der Waals surface area (Å²) >= 11 is 0. The molecule has 0 aromatic carbocycles. The Hall–Kier alpha value is -1.43. The number of rotatable bonds is 5. The number of nitrogens with zero attached hydrogens (tertiary/aromatic N) is 3. The zero-order valence-corrected chi connectivity index (χ0v) is 10.1. The standard InChI is InChI=1S/C11H18N4O2/c1-9-8-14(13-11(9)15(16)17)7-3-5-10-4-2-6-12-10/h8,10,12H,2-7H2,1H3. The van der Waals surface area contributed by atoms with Gasteiger partial charge in [0.25, 0.3) is 0 Å². The Morgan fingerprint density at radius 2 is 2.53 bits per heavy atom. The minimum Gasteiger partial charge on any atom is -0.358 e. The molecule has 1 N–H and O–H groups in total. The van der Waals surface area contributed by atoms with Crippen molar-refractivity contribution in [2.45, 2.75) is 45.2 Å². The lowest BCUT2D eigenvalue weighted by Gasteiger charge is -2.08. The number of nitrogens with one attached hydrogen (secondary N) is 1. The van der Waals surface area contributed by atoms with E-state index in [1.54, 1.807) is 17.8 Å². The van der Waals surface area contributed by atoms with E-state index in [1.807, 2.05) is 0 Å². The van der Waals surface area contributed by atoms with Crippen molar-refractivity contribution in [3.8, 4) is 0 Å². The largest absolute Gasteiger partial charge is 0.392 e. The van der Waals surface area contributed by atoms with E-state index >= 15 is 0 Å². The molecule has 6 nitrogen and oxygen atoms in total. The molecule has 1 atom stereocenters. The average molecular weight is 238 g/mol. The Morgan fingerprint density at radius 1 is 1.71 bits per heavy atom.